The van der Waals surface area contributed by atoms with Crippen LogP contribution in [-0.2, 0) is 4.79 Å². The molecule has 4 rings (SSSR count). The van der Waals surface area contributed by atoms with E-state index >= 15 is 0 Å². The number of hydrogen-bond donors (Lipinski definition) is 3. The summed E-state index contributed by atoms with van der Waals surface area (Å²) in [5.74, 6) is 0.0202. The lowest BCUT2D eigenvalue weighted by Gasteiger charge is -2.43. The van der Waals surface area contributed by atoms with Gasteiger partial charge in [0.1, 0.15) is 17.7 Å². The Morgan fingerprint density at radius 2 is 2.06 bits per heavy atom. The van der Waals surface area contributed by atoms with Gasteiger partial charge in [-0.2, -0.15) is 0 Å². The summed E-state index contributed by atoms with van der Waals surface area (Å²) in [6.07, 6.45) is 1.73. The zero-order chi connectivity index (χ0) is 23.0. The first kappa shape index (κ1) is 22.5. The lowest BCUT2D eigenvalue weighted by molar-refractivity contribution is -0.145. The Morgan fingerprint density at radius 1 is 1.31 bits per heavy atom. The first-order chi connectivity index (χ1) is 15.1. The molecule has 2 unspecified atom stereocenters. The maximum Gasteiger partial charge on any atom is 0.228 e. The fourth-order valence-corrected chi connectivity index (χ4v) is 4.45. The van der Waals surface area contributed by atoms with E-state index in [0.717, 1.165) is 10.9 Å². The smallest absolute Gasteiger partial charge is 0.228 e. The topological polar surface area (TPSA) is 103 Å². The van der Waals surface area contributed by atoms with E-state index in [9.17, 15) is 14.3 Å². The largest absolute Gasteiger partial charge is 0.373 e. The molecule has 8 nitrogen and oxygen atoms in total. The van der Waals surface area contributed by atoms with Gasteiger partial charge in [-0.15, -0.1) is 11.3 Å². The lowest BCUT2D eigenvalue weighted by atomic mass is 9.92. The number of carbonyl (C=O) groups is 1. The van der Waals surface area contributed by atoms with Crippen LogP contribution >= 0.6 is 11.3 Å². The third kappa shape index (κ3) is 4.72. The minimum Gasteiger partial charge on any atom is -0.373 e. The molecule has 32 heavy (non-hydrogen) atoms. The summed E-state index contributed by atoms with van der Waals surface area (Å²) in [4.78, 5) is 27.1. The van der Waals surface area contributed by atoms with Crippen LogP contribution in [0.3, 0.4) is 0 Å². The molecule has 0 radical (unpaired) electrons. The van der Waals surface area contributed by atoms with Gasteiger partial charge < -0.3 is 15.3 Å². The zero-order valence-electron chi connectivity index (χ0n) is 18.5. The number of nitrogens with zero attached hydrogens (tertiary/aromatic N) is 4. The van der Waals surface area contributed by atoms with Crippen molar-refractivity contribution in [3.8, 4) is 0 Å². The monoisotopic (exact) mass is 458 g/mol. The van der Waals surface area contributed by atoms with E-state index in [1.165, 1.54) is 17.4 Å². The number of aliphatic hydroxyl groups is 1. The molecular weight excluding hydrogens is 431 g/mol. The van der Waals surface area contributed by atoms with Crippen LogP contribution in [0, 0.1) is 11.2 Å². The highest BCUT2D eigenvalue weighted by Crippen LogP contribution is 2.29. The molecule has 0 aliphatic carbocycles. The maximum atomic E-state index is 13.5. The van der Waals surface area contributed by atoms with E-state index in [1.807, 2.05) is 39.1 Å². The van der Waals surface area contributed by atoms with E-state index in [1.54, 1.807) is 11.1 Å². The first-order valence-corrected chi connectivity index (χ1v) is 11.4. The number of aromatic nitrogens is 3. The Morgan fingerprint density at radius 3 is 2.75 bits per heavy atom. The van der Waals surface area contributed by atoms with Crippen molar-refractivity contribution in [3.05, 3.63) is 47.0 Å². The van der Waals surface area contributed by atoms with Gasteiger partial charge in [0.15, 0.2) is 0 Å². The number of hydrogen-bond acceptors (Lipinski definition) is 8. The minimum atomic E-state index is -1.01. The van der Waals surface area contributed by atoms with Crippen LogP contribution in [0.25, 0.3) is 10.2 Å². The number of carbonyl (C=O) groups excluding carboxylic acids is 1. The number of likely N-dealkylation sites (tertiary alicyclic amines) is 1. The zero-order valence-corrected chi connectivity index (χ0v) is 19.3. The van der Waals surface area contributed by atoms with Gasteiger partial charge in [0.25, 0.3) is 0 Å². The molecule has 1 saturated heterocycles. The van der Waals surface area contributed by atoms with Crippen molar-refractivity contribution >= 4 is 33.4 Å². The van der Waals surface area contributed by atoms with Crippen molar-refractivity contribution in [2.45, 2.75) is 46.0 Å². The SMILES string of the molecule is CC(Nc1nc(C(O)NC2CN(C(=O)C(C)(C)C)C2)c2sccc2n1)c1cncc(F)c1. The second kappa shape index (κ2) is 8.68. The fourth-order valence-electron chi connectivity index (χ4n) is 3.60. The summed E-state index contributed by atoms with van der Waals surface area (Å²) in [6, 6.07) is 2.97. The highest BCUT2D eigenvalue weighted by molar-refractivity contribution is 7.17. The predicted octanol–water partition coefficient (Wildman–Crippen LogP) is 3.24. The average molecular weight is 459 g/mol. The molecule has 3 aromatic heterocycles. The van der Waals surface area contributed by atoms with Gasteiger partial charge in [0.05, 0.1) is 22.5 Å². The number of nitrogens with one attached hydrogen (secondary N) is 2. The van der Waals surface area contributed by atoms with Crippen molar-refractivity contribution in [1.82, 2.24) is 25.2 Å². The van der Waals surface area contributed by atoms with Crippen molar-refractivity contribution in [2.24, 2.45) is 5.41 Å². The molecule has 170 valence electrons. The van der Waals surface area contributed by atoms with Gasteiger partial charge in [0.2, 0.25) is 11.9 Å². The van der Waals surface area contributed by atoms with Crippen LogP contribution in [-0.4, -0.2) is 50.0 Å². The van der Waals surface area contributed by atoms with Crippen molar-refractivity contribution in [2.75, 3.05) is 18.4 Å². The van der Waals surface area contributed by atoms with E-state index in [4.69, 9.17) is 0 Å². The molecule has 2 atom stereocenters. The summed E-state index contributed by atoms with van der Waals surface area (Å²) in [5.41, 5.74) is 1.43. The van der Waals surface area contributed by atoms with E-state index in [0.29, 0.717) is 35.8 Å². The van der Waals surface area contributed by atoms with Crippen LogP contribution < -0.4 is 10.6 Å². The molecule has 3 aromatic rings. The molecule has 4 heterocycles. The van der Waals surface area contributed by atoms with Gasteiger partial charge in [-0.25, -0.2) is 14.4 Å². The number of rotatable bonds is 6. The van der Waals surface area contributed by atoms with Crippen molar-refractivity contribution < 1.29 is 14.3 Å². The van der Waals surface area contributed by atoms with Crippen molar-refractivity contribution in [1.29, 1.82) is 0 Å². The number of halogens is 1. The molecule has 0 bridgehead atoms. The number of amides is 1. The molecule has 10 heteroatoms. The molecule has 1 amide bonds. The third-order valence-electron chi connectivity index (χ3n) is 5.36. The second-order valence-corrected chi connectivity index (χ2v) is 10.0. The third-order valence-corrected chi connectivity index (χ3v) is 6.29. The number of anilines is 1. The summed E-state index contributed by atoms with van der Waals surface area (Å²) in [7, 11) is 0. The molecule has 0 saturated carbocycles. The predicted molar refractivity (Wildman–Crippen MR) is 122 cm³/mol. The maximum absolute atomic E-state index is 13.5. The van der Waals surface area contributed by atoms with Crippen LogP contribution in [0.15, 0.2) is 29.9 Å². The Hall–Kier alpha value is -2.69. The number of pyridine rings is 1. The Balaban J connectivity index is 1.48. The lowest BCUT2D eigenvalue weighted by Crippen LogP contribution is -2.62. The molecule has 1 fully saturated rings. The summed E-state index contributed by atoms with van der Waals surface area (Å²) in [6.45, 7) is 8.64. The minimum absolute atomic E-state index is 0.0185. The average Bonchev–Trinajstić information content (AvgIpc) is 3.17. The molecule has 3 N–H and O–H groups in total. The molecule has 0 spiro atoms. The van der Waals surface area contributed by atoms with Crippen LogP contribution in [0.5, 0.6) is 0 Å². The van der Waals surface area contributed by atoms with Gasteiger partial charge >= 0.3 is 0 Å². The van der Waals surface area contributed by atoms with E-state index < -0.39 is 17.5 Å². The van der Waals surface area contributed by atoms with Crippen molar-refractivity contribution in [3.63, 3.8) is 0 Å². The van der Waals surface area contributed by atoms with Crippen LogP contribution in [0.4, 0.5) is 10.3 Å². The number of aliphatic hydroxyl groups excluding tert-OH is 1. The normalized spacial score (nSPS) is 16.6. The highest BCUT2D eigenvalue weighted by atomic mass is 32.1. The van der Waals surface area contributed by atoms with Gasteiger partial charge in [-0.3, -0.25) is 15.1 Å². The fraction of sp³-hybridized carbons (Fsp3) is 0.455. The summed E-state index contributed by atoms with van der Waals surface area (Å²) >= 11 is 1.45. The van der Waals surface area contributed by atoms with Crippen LogP contribution in [0.2, 0.25) is 0 Å². The first-order valence-electron chi connectivity index (χ1n) is 10.5. The van der Waals surface area contributed by atoms with E-state index in [2.05, 4.69) is 25.6 Å². The summed E-state index contributed by atoms with van der Waals surface area (Å²) in [5, 5.41) is 19.1. The van der Waals surface area contributed by atoms with Gasteiger partial charge in [-0.1, -0.05) is 20.8 Å². The quantitative estimate of drug-likeness (QED) is 0.487. The Labute approximate surface area is 189 Å². The molecule has 1 aliphatic heterocycles. The Bertz CT molecular complexity index is 1130. The summed E-state index contributed by atoms with van der Waals surface area (Å²) < 4.78 is 14.3. The van der Waals surface area contributed by atoms with Gasteiger partial charge in [0, 0.05) is 30.7 Å². The number of thiophene rings is 1. The standard InChI is InChI=1S/C22H27FN6O2S/c1-12(13-7-14(23)9-24-8-13)25-21-27-16-5-6-32-18(16)17(28-21)19(30)26-15-10-29(11-15)20(31)22(2,3)4/h5-9,12,15,19,26,30H,10-11H2,1-4H3,(H,25,27,28). The second-order valence-electron chi connectivity index (χ2n) is 9.10. The van der Waals surface area contributed by atoms with Crippen LogP contribution in [0.1, 0.15) is 51.2 Å². The molecule has 0 aromatic carbocycles. The van der Waals surface area contributed by atoms with Gasteiger partial charge in [-0.05, 0) is 30.0 Å². The number of fused-ring (bicyclic) bond motifs is 1. The van der Waals surface area contributed by atoms with E-state index in [-0.39, 0.29) is 18.0 Å². The highest BCUT2D eigenvalue weighted by Gasteiger charge is 2.37. The molecular formula is C22H27FN6O2S. The Kier molecular flexibility index (Phi) is 6.11. The molecule has 1 aliphatic rings.